The summed E-state index contributed by atoms with van der Waals surface area (Å²) in [4.78, 5) is 32.8. The lowest BCUT2D eigenvalue weighted by atomic mass is 10.1. The summed E-state index contributed by atoms with van der Waals surface area (Å²) in [6.45, 7) is 4.32. The van der Waals surface area contributed by atoms with Gasteiger partial charge in [0.05, 0.1) is 17.3 Å². The molecule has 140 valence electrons. The molecule has 1 aliphatic rings. The molecule has 2 N–H and O–H groups in total. The number of nitrogens with one attached hydrogen (secondary N) is 2. The third-order valence-electron chi connectivity index (χ3n) is 4.95. The Hall–Kier alpha value is -2.54. The summed E-state index contributed by atoms with van der Waals surface area (Å²) in [6.07, 6.45) is 1.93. The number of H-pyrrole nitrogens is 1. The zero-order valence-electron chi connectivity index (χ0n) is 15.4. The lowest BCUT2D eigenvalue weighted by Gasteiger charge is -2.14. The Bertz CT molecular complexity index is 1070. The van der Waals surface area contributed by atoms with Crippen LogP contribution in [0.2, 0.25) is 0 Å². The Labute approximate surface area is 161 Å². The number of aryl methyl sites for hydroxylation is 2. The van der Waals surface area contributed by atoms with Crippen molar-refractivity contribution in [1.29, 1.82) is 0 Å². The van der Waals surface area contributed by atoms with Crippen LogP contribution in [-0.4, -0.2) is 26.2 Å². The second-order valence-corrected chi connectivity index (χ2v) is 7.75. The number of fused-ring (bicyclic) bond motifs is 2. The number of nitrogens with zero attached hydrogens (tertiary/aromatic N) is 2. The molecule has 0 fully saturated rings. The third-order valence-corrected chi connectivity index (χ3v) is 5.93. The summed E-state index contributed by atoms with van der Waals surface area (Å²) in [6, 6.07) is 10.2. The highest BCUT2D eigenvalue weighted by atomic mass is 32.2. The second-order valence-electron chi connectivity index (χ2n) is 6.80. The minimum Gasteiger partial charge on any atom is -0.353 e. The van der Waals surface area contributed by atoms with Crippen molar-refractivity contribution in [1.82, 2.24) is 19.9 Å². The summed E-state index contributed by atoms with van der Waals surface area (Å²) < 4.78 is 1.61. The molecule has 0 saturated carbocycles. The van der Waals surface area contributed by atoms with Crippen LogP contribution in [0.1, 0.15) is 36.2 Å². The van der Waals surface area contributed by atoms with Crippen LogP contribution < -0.4 is 10.9 Å². The number of benzene rings is 1. The van der Waals surface area contributed by atoms with Gasteiger partial charge in [0.2, 0.25) is 5.91 Å². The Morgan fingerprint density at radius 1 is 1.41 bits per heavy atom. The van der Waals surface area contributed by atoms with Gasteiger partial charge in [-0.3, -0.25) is 14.2 Å². The van der Waals surface area contributed by atoms with Crippen LogP contribution in [0.5, 0.6) is 0 Å². The van der Waals surface area contributed by atoms with Crippen molar-refractivity contribution in [3.63, 3.8) is 0 Å². The van der Waals surface area contributed by atoms with Gasteiger partial charge in [0.25, 0.3) is 5.56 Å². The highest BCUT2D eigenvalue weighted by molar-refractivity contribution is 7.99. The number of aromatic nitrogens is 3. The van der Waals surface area contributed by atoms with Crippen molar-refractivity contribution < 1.29 is 4.79 Å². The molecular formula is C20H22N4O2S. The van der Waals surface area contributed by atoms with Gasteiger partial charge < -0.3 is 10.3 Å². The van der Waals surface area contributed by atoms with Gasteiger partial charge in [-0.1, -0.05) is 36.0 Å². The number of thioether (sulfide) groups is 1. The Kier molecular flexibility index (Phi) is 4.78. The molecule has 1 aromatic carbocycles. The second kappa shape index (κ2) is 7.23. The molecule has 2 heterocycles. The molecule has 0 bridgehead atoms. The SMILES string of the molecule is CCn1c(SCC(=O)N[C@@H]2CCc3ccccc32)nc2cc(C)[nH]c2c1=O. The molecule has 1 amide bonds. The summed E-state index contributed by atoms with van der Waals surface area (Å²) in [5.41, 5.74) is 4.50. The van der Waals surface area contributed by atoms with Gasteiger partial charge in [-0.25, -0.2) is 4.98 Å². The van der Waals surface area contributed by atoms with Gasteiger partial charge in [0.15, 0.2) is 5.16 Å². The van der Waals surface area contributed by atoms with E-state index in [9.17, 15) is 9.59 Å². The van der Waals surface area contributed by atoms with Gasteiger partial charge in [-0.05, 0) is 43.9 Å². The lowest BCUT2D eigenvalue weighted by Crippen LogP contribution is -2.29. The molecule has 27 heavy (non-hydrogen) atoms. The normalized spacial score (nSPS) is 15.9. The first kappa shape index (κ1) is 17.9. The standard InChI is InChI=1S/C20H22N4O2S/c1-3-24-19(26)18-16(10-12(2)21-18)23-20(24)27-11-17(25)22-15-9-8-13-6-4-5-7-14(13)15/h4-7,10,15,21H,3,8-9,11H2,1-2H3,(H,22,25)/t15-/m1/s1. The van der Waals surface area contributed by atoms with Crippen LogP contribution >= 0.6 is 11.8 Å². The summed E-state index contributed by atoms with van der Waals surface area (Å²) >= 11 is 1.31. The van der Waals surface area contributed by atoms with E-state index in [1.165, 1.54) is 22.9 Å². The summed E-state index contributed by atoms with van der Waals surface area (Å²) in [5.74, 6) is 0.198. The molecule has 0 aliphatic heterocycles. The third kappa shape index (κ3) is 3.39. The molecule has 0 radical (unpaired) electrons. The first-order valence-corrected chi connectivity index (χ1v) is 10.2. The van der Waals surface area contributed by atoms with Gasteiger partial charge in [0.1, 0.15) is 5.52 Å². The Morgan fingerprint density at radius 3 is 3.04 bits per heavy atom. The molecule has 7 heteroatoms. The van der Waals surface area contributed by atoms with E-state index in [0.717, 1.165) is 18.5 Å². The maximum atomic E-state index is 12.6. The van der Waals surface area contributed by atoms with Gasteiger partial charge >= 0.3 is 0 Å². The fourth-order valence-electron chi connectivity index (χ4n) is 3.67. The number of amides is 1. The zero-order valence-corrected chi connectivity index (χ0v) is 16.2. The average molecular weight is 382 g/mol. The lowest BCUT2D eigenvalue weighted by molar-refractivity contribution is -0.119. The van der Waals surface area contributed by atoms with Crippen molar-refractivity contribution in [3.8, 4) is 0 Å². The van der Waals surface area contributed by atoms with E-state index in [-0.39, 0.29) is 23.3 Å². The topological polar surface area (TPSA) is 79.8 Å². The Balaban J connectivity index is 1.49. The van der Waals surface area contributed by atoms with Crippen molar-refractivity contribution >= 4 is 28.7 Å². The van der Waals surface area contributed by atoms with Crippen molar-refractivity contribution in [2.24, 2.45) is 0 Å². The fourth-order valence-corrected chi connectivity index (χ4v) is 4.55. The largest absolute Gasteiger partial charge is 0.353 e. The first-order chi connectivity index (χ1) is 13.1. The molecule has 0 spiro atoms. The molecular weight excluding hydrogens is 360 g/mol. The number of carbonyl (C=O) groups excluding carboxylic acids is 1. The van der Waals surface area contributed by atoms with Crippen LogP contribution in [-0.2, 0) is 17.8 Å². The molecule has 0 saturated heterocycles. The quantitative estimate of drug-likeness (QED) is 0.525. The van der Waals surface area contributed by atoms with Crippen LogP contribution in [0.4, 0.5) is 0 Å². The molecule has 6 nitrogen and oxygen atoms in total. The first-order valence-electron chi connectivity index (χ1n) is 9.17. The van der Waals surface area contributed by atoms with Crippen LogP contribution in [0.25, 0.3) is 11.0 Å². The van der Waals surface area contributed by atoms with Crippen LogP contribution in [0.15, 0.2) is 40.3 Å². The van der Waals surface area contributed by atoms with Crippen molar-refractivity contribution in [2.45, 2.75) is 44.4 Å². The molecule has 2 aromatic heterocycles. The smallest absolute Gasteiger partial charge is 0.278 e. The van der Waals surface area contributed by atoms with Gasteiger partial charge in [-0.2, -0.15) is 0 Å². The van der Waals surface area contributed by atoms with Crippen molar-refractivity contribution in [3.05, 3.63) is 57.5 Å². The highest BCUT2D eigenvalue weighted by Gasteiger charge is 2.23. The maximum absolute atomic E-state index is 12.6. The summed E-state index contributed by atoms with van der Waals surface area (Å²) in [7, 11) is 0. The number of rotatable bonds is 5. The Morgan fingerprint density at radius 2 is 2.22 bits per heavy atom. The predicted octanol–water partition coefficient (Wildman–Crippen LogP) is 2.95. The molecule has 0 unspecified atom stereocenters. The number of carbonyl (C=O) groups is 1. The van der Waals surface area contributed by atoms with E-state index in [4.69, 9.17) is 0 Å². The molecule has 4 rings (SSSR count). The molecule has 1 atom stereocenters. The van der Waals surface area contributed by atoms with E-state index >= 15 is 0 Å². The number of aromatic amines is 1. The van der Waals surface area contributed by atoms with E-state index in [2.05, 4.69) is 27.4 Å². The monoisotopic (exact) mass is 382 g/mol. The van der Waals surface area contributed by atoms with E-state index in [1.807, 2.05) is 32.0 Å². The van der Waals surface area contributed by atoms with E-state index in [0.29, 0.717) is 22.7 Å². The van der Waals surface area contributed by atoms with Crippen LogP contribution in [0, 0.1) is 6.92 Å². The van der Waals surface area contributed by atoms with E-state index in [1.54, 1.807) is 4.57 Å². The van der Waals surface area contributed by atoms with Gasteiger partial charge in [-0.15, -0.1) is 0 Å². The maximum Gasteiger partial charge on any atom is 0.278 e. The molecule has 1 aliphatic carbocycles. The van der Waals surface area contributed by atoms with Crippen molar-refractivity contribution in [2.75, 3.05) is 5.75 Å². The number of hydrogen-bond acceptors (Lipinski definition) is 4. The number of hydrogen-bond donors (Lipinski definition) is 2. The minimum absolute atomic E-state index is 0.0380. The predicted molar refractivity (Wildman–Crippen MR) is 107 cm³/mol. The highest BCUT2D eigenvalue weighted by Crippen LogP contribution is 2.30. The molecule has 3 aromatic rings. The fraction of sp³-hybridized carbons (Fsp3) is 0.350. The van der Waals surface area contributed by atoms with E-state index < -0.39 is 0 Å². The average Bonchev–Trinajstić information content (AvgIpc) is 3.23. The zero-order chi connectivity index (χ0) is 19.0. The minimum atomic E-state index is -0.0942. The van der Waals surface area contributed by atoms with Crippen LogP contribution in [0.3, 0.4) is 0 Å². The van der Waals surface area contributed by atoms with Gasteiger partial charge in [0, 0.05) is 12.2 Å². The summed E-state index contributed by atoms with van der Waals surface area (Å²) in [5, 5.41) is 3.70.